The third kappa shape index (κ3) is 5.52. The molecular weight excluding hydrogens is 448 g/mol. The van der Waals surface area contributed by atoms with E-state index in [1.54, 1.807) is 37.3 Å². The van der Waals surface area contributed by atoms with Gasteiger partial charge in [-0.1, -0.05) is 81.0 Å². The molecule has 0 unspecified atom stereocenters. The first-order valence-corrected chi connectivity index (χ1v) is 12.6. The van der Waals surface area contributed by atoms with Crippen LogP contribution in [0.25, 0.3) is 17.2 Å². The minimum absolute atomic E-state index is 0.0480. The summed E-state index contributed by atoms with van der Waals surface area (Å²) in [5.41, 5.74) is 3.19. The van der Waals surface area contributed by atoms with E-state index in [9.17, 15) is 8.78 Å². The molecule has 35 heavy (non-hydrogen) atoms. The van der Waals surface area contributed by atoms with E-state index >= 15 is 8.78 Å². The van der Waals surface area contributed by atoms with E-state index in [-0.39, 0.29) is 23.0 Å². The number of halogens is 4. The minimum Gasteiger partial charge on any atom is -0.203 e. The Morgan fingerprint density at radius 1 is 0.743 bits per heavy atom. The van der Waals surface area contributed by atoms with E-state index in [0.29, 0.717) is 23.1 Å². The number of aryl methyl sites for hydroxylation is 2. The van der Waals surface area contributed by atoms with Gasteiger partial charge in [-0.25, -0.2) is 17.6 Å². The highest BCUT2D eigenvalue weighted by Gasteiger charge is 2.26. The van der Waals surface area contributed by atoms with Gasteiger partial charge in [-0.05, 0) is 72.6 Å². The number of allylic oxidation sites excluding steroid dienone is 1. The van der Waals surface area contributed by atoms with Crippen LogP contribution in [0.1, 0.15) is 74.1 Å². The molecule has 184 valence electrons. The van der Waals surface area contributed by atoms with Crippen molar-refractivity contribution in [3.8, 4) is 11.1 Å². The fourth-order valence-electron chi connectivity index (χ4n) is 5.11. The van der Waals surface area contributed by atoms with Crippen molar-refractivity contribution >= 4 is 6.08 Å². The first-order chi connectivity index (χ1) is 16.9. The van der Waals surface area contributed by atoms with E-state index in [0.717, 1.165) is 38.5 Å². The molecule has 0 nitrogen and oxygen atoms in total. The lowest BCUT2D eigenvalue weighted by Crippen LogP contribution is -2.13. The van der Waals surface area contributed by atoms with Gasteiger partial charge in [0.15, 0.2) is 23.3 Å². The predicted molar refractivity (Wildman–Crippen MR) is 135 cm³/mol. The average molecular weight is 481 g/mol. The van der Waals surface area contributed by atoms with Gasteiger partial charge in [-0.3, -0.25) is 0 Å². The molecule has 0 saturated heterocycles. The van der Waals surface area contributed by atoms with E-state index in [2.05, 4.69) is 6.92 Å². The maximum absolute atomic E-state index is 15.1. The SMILES string of the molecule is CCCc1ccc(-c2ccc(C3CCC(C=Cc4ccc(CC)c(F)c4F)CC3)c(F)c2F)cc1. The first kappa shape index (κ1) is 25.2. The number of benzene rings is 3. The summed E-state index contributed by atoms with van der Waals surface area (Å²) < 4.78 is 58.4. The highest BCUT2D eigenvalue weighted by atomic mass is 19.2. The van der Waals surface area contributed by atoms with Crippen LogP contribution >= 0.6 is 0 Å². The Morgan fingerprint density at radius 3 is 2.11 bits per heavy atom. The summed E-state index contributed by atoms with van der Waals surface area (Å²) in [6.45, 7) is 3.90. The molecule has 0 aromatic heterocycles. The smallest absolute Gasteiger partial charge is 0.166 e. The van der Waals surface area contributed by atoms with E-state index < -0.39 is 23.3 Å². The van der Waals surface area contributed by atoms with Crippen molar-refractivity contribution in [1.82, 2.24) is 0 Å². The largest absolute Gasteiger partial charge is 0.203 e. The standard InChI is InChI=1S/C31H32F4/c1-3-5-20-6-11-23(12-7-20)26-18-19-27(31(35)30(26)34)24-13-8-21(9-14-24)10-15-25-17-16-22(4-2)28(32)29(25)33/h6-7,10-12,15-19,21,24H,3-5,8-9,13-14H2,1-2H3. The number of rotatable bonds is 7. The fraction of sp³-hybridized carbons (Fsp3) is 0.355. The summed E-state index contributed by atoms with van der Waals surface area (Å²) in [6.07, 6.45) is 9.04. The van der Waals surface area contributed by atoms with Gasteiger partial charge in [0.25, 0.3) is 0 Å². The zero-order valence-electron chi connectivity index (χ0n) is 20.4. The van der Waals surface area contributed by atoms with Crippen molar-refractivity contribution in [3.63, 3.8) is 0 Å². The van der Waals surface area contributed by atoms with E-state index in [1.807, 2.05) is 30.3 Å². The van der Waals surface area contributed by atoms with Crippen molar-refractivity contribution < 1.29 is 17.6 Å². The Hall–Kier alpha value is -2.88. The second-order valence-corrected chi connectivity index (χ2v) is 9.54. The van der Waals surface area contributed by atoms with Crippen LogP contribution in [-0.2, 0) is 12.8 Å². The van der Waals surface area contributed by atoms with E-state index in [4.69, 9.17) is 0 Å². The van der Waals surface area contributed by atoms with Gasteiger partial charge in [0.1, 0.15) is 0 Å². The second-order valence-electron chi connectivity index (χ2n) is 9.54. The van der Waals surface area contributed by atoms with Crippen molar-refractivity contribution in [3.05, 3.63) is 100 Å². The summed E-state index contributed by atoms with van der Waals surface area (Å²) in [5.74, 6) is -2.99. The third-order valence-electron chi connectivity index (χ3n) is 7.25. The van der Waals surface area contributed by atoms with Crippen LogP contribution in [0.2, 0.25) is 0 Å². The quantitative estimate of drug-likeness (QED) is 0.296. The molecule has 0 aliphatic heterocycles. The first-order valence-electron chi connectivity index (χ1n) is 12.6. The molecule has 4 rings (SSSR count). The van der Waals surface area contributed by atoms with Crippen molar-refractivity contribution in [2.24, 2.45) is 5.92 Å². The summed E-state index contributed by atoms with van der Waals surface area (Å²) in [5, 5.41) is 0. The van der Waals surface area contributed by atoms with Crippen LogP contribution in [0.4, 0.5) is 17.6 Å². The zero-order valence-corrected chi connectivity index (χ0v) is 20.4. The second kappa shape index (κ2) is 11.2. The molecule has 1 aliphatic rings. The maximum Gasteiger partial charge on any atom is 0.166 e. The van der Waals surface area contributed by atoms with Crippen LogP contribution in [0.5, 0.6) is 0 Å². The Labute approximate surface area is 205 Å². The molecule has 0 amide bonds. The van der Waals surface area contributed by atoms with Crippen LogP contribution in [0.3, 0.4) is 0 Å². The molecular formula is C31H32F4. The zero-order chi connectivity index (χ0) is 24.9. The summed E-state index contributed by atoms with van der Waals surface area (Å²) in [4.78, 5) is 0. The maximum atomic E-state index is 15.1. The highest BCUT2D eigenvalue weighted by Crippen LogP contribution is 2.39. The molecule has 0 N–H and O–H groups in total. The van der Waals surface area contributed by atoms with Crippen molar-refractivity contribution in [2.75, 3.05) is 0 Å². The van der Waals surface area contributed by atoms with Crippen LogP contribution < -0.4 is 0 Å². The summed E-state index contributed by atoms with van der Waals surface area (Å²) >= 11 is 0. The normalized spacial score (nSPS) is 18.3. The lowest BCUT2D eigenvalue weighted by atomic mass is 9.78. The van der Waals surface area contributed by atoms with E-state index in [1.165, 1.54) is 5.56 Å². The third-order valence-corrected chi connectivity index (χ3v) is 7.25. The Kier molecular flexibility index (Phi) is 8.10. The monoisotopic (exact) mass is 480 g/mol. The van der Waals surface area contributed by atoms with Gasteiger partial charge in [-0.15, -0.1) is 0 Å². The predicted octanol–water partition coefficient (Wildman–Crippen LogP) is 9.41. The molecule has 1 fully saturated rings. The van der Waals surface area contributed by atoms with Gasteiger partial charge in [-0.2, -0.15) is 0 Å². The van der Waals surface area contributed by atoms with Gasteiger partial charge in [0.2, 0.25) is 0 Å². The fourth-order valence-corrected chi connectivity index (χ4v) is 5.11. The number of hydrogen-bond acceptors (Lipinski definition) is 0. The highest BCUT2D eigenvalue weighted by molar-refractivity contribution is 5.65. The molecule has 0 radical (unpaired) electrons. The number of hydrogen-bond donors (Lipinski definition) is 0. The average Bonchev–Trinajstić information content (AvgIpc) is 2.88. The Morgan fingerprint density at radius 2 is 1.46 bits per heavy atom. The molecule has 1 saturated carbocycles. The molecule has 3 aromatic carbocycles. The minimum atomic E-state index is -0.813. The lowest BCUT2D eigenvalue weighted by Gasteiger charge is -2.27. The molecule has 0 heterocycles. The molecule has 0 bridgehead atoms. The molecule has 4 heteroatoms. The lowest BCUT2D eigenvalue weighted by molar-refractivity contribution is 0.365. The molecule has 1 aliphatic carbocycles. The van der Waals surface area contributed by atoms with Crippen LogP contribution in [0, 0.1) is 29.2 Å². The molecule has 0 atom stereocenters. The Bertz CT molecular complexity index is 1190. The molecule has 3 aromatic rings. The van der Waals surface area contributed by atoms with Crippen LogP contribution in [0.15, 0.2) is 54.6 Å². The van der Waals surface area contributed by atoms with Gasteiger partial charge in [0.05, 0.1) is 0 Å². The van der Waals surface area contributed by atoms with Gasteiger partial charge in [0, 0.05) is 11.1 Å². The molecule has 0 spiro atoms. The van der Waals surface area contributed by atoms with Crippen molar-refractivity contribution in [2.45, 2.75) is 64.7 Å². The van der Waals surface area contributed by atoms with Gasteiger partial charge < -0.3 is 0 Å². The Balaban J connectivity index is 1.42. The summed E-state index contributed by atoms with van der Waals surface area (Å²) in [6, 6.07) is 14.3. The van der Waals surface area contributed by atoms with Crippen LogP contribution in [-0.4, -0.2) is 0 Å². The van der Waals surface area contributed by atoms with Gasteiger partial charge >= 0.3 is 0 Å². The summed E-state index contributed by atoms with van der Waals surface area (Å²) in [7, 11) is 0. The van der Waals surface area contributed by atoms with Crippen molar-refractivity contribution in [1.29, 1.82) is 0 Å². The topological polar surface area (TPSA) is 0 Å².